The predicted octanol–water partition coefficient (Wildman–Crippen LogP) is 0.581. The predicted molar refractivity (Wildman–Crippen MR) is 67.9 cm³/mol. The van der Waals surface area contributed by atoms with Gasteiger partial charge in [0.25, 0.3) is 0 Å². The Bertz CT molecular complexity index is 314. The van der Waals surface area contributed by atoms with Crippen molar-refractivity contribution in [2.24, 2.45) is 0 Å². The highest BCUT2D eigenvalue weighted by atomic mass is 16.5. The summed E-state index contributed by atoms with van der Waals surface area (Å²) in [5, 5.41) is 6.03. The third kappa shape index (κ3) is 6.71. The molecule has 2 N–H and O–H groups in total. The molecule has 17 heavy (non-hydrogen) atoms. The Hall–Kier alpha value is -1.39. The van der Waals surface area contributed by atoms with Gasteiger partial charge in [0, 0.05) is 26.7 Å². The number of ether oxygens (including phenoxy) is 1. The molecule has 4 heteroatoms. The van der Waals surface area contributed by atoms with Crippen LogP contribution >= 0.6 is 0 Å². The van der Waals surface area contributed by atoms with Crippen molar-refractivity contribution in [2.75, 3.05) is 33.4 Å². The van der Waals surface area contributed by atoms with Crippen LogP contribution in [0.3, 0.4) is 0 Å². The number of nitrogens with one attached hydrogen (secondary N) is 2. The van der Waals surface area contributed by atoms with Gasteiger partial charge in [-0.05, 0) is 5.56 Å². The number of carbonyl (C=O) groups is 1. The van der Waals surface area contributed by atoms with Crippen LogP contribution in [0, 0.1) is 0 Å². The van der Waals surface area contributed by atoms with Crippen molar-refractivity contribution in [3.05, 3.63) is 35.9 Å². The molecule has 0 aliphatic heterocycles. The summed E-state index contributed by atoms with van der Waals surface area (Å²) in [4.78, 5) is 11.5. The highest BCUT2D eigenvalue weighted by Crippen LogP contribution is 1.98. The lowest BCUT2D eigenvalue weighted by molar-refractivity contribution is -0.120. The van der Waals surface area contributed by atoms with E-state index in [1.54, 1.807) is 7.11 Å². The summed E-state index contributed by atoms with van der Waals surface area (Å²) in [7, 11) is 1.67. The average Bonchev–Trinajstić information content (AvgIpc) is 2.35. The van der Waals surface area contributed by atoms with Gasteiger partial charge in [0.2, 0.25) is 5.91 Å². The van der Waals surface area contributed by atoms with Crippen LogP contribution in [-0.4, -0.2) is 39.3 Å². The molecule has 0 spiro atoms. The summed E-state index contributed by atoms with van der Waals surface area (Å²) in [5.41, 5.74) is 1.04. The number of methoxy groups -OCH3 is 1. The summed E-state index contributed by atoms with van der Waals surface area (Å²) in [6, 6.07) is 9.73. The van der Waals surface area contributed by atoms with Crippen LogP contribution in [0.2, 0.25) is 0 Å². The van der Waals surface area contributed by atoms with Crippen molar-refractivity contribution < 1.29 is 9.53 Å². The fourth-order valence-corrected chi connectivity index (χ4v) is 1.43. The molecule has 0 unspecified atom stereocenters. The molecule has 0 atom stereocenters. The van der Waals surface area contributed by atoms with Gasteiger partial charge in [-0.1, -0.05) is 30.3 Å². The molecule has 0 heterocycles. The van der Waals surface area contributed by atoms with E-state index < -0.39 is 0 Å². The molecule has 4 nitrogen and oxygen atoms in total. The van der Waals surface area contributed by atoms with Crippen molar-refractivity contribution in [1.29, 1.82) is 0 Å². The minimum Gasteiger partial charge on any atom is -0.383 e. The number of rotatable bonds is 8. The second-order valence-electron chi connectivity index (χ2n) is 3.76. The molecule has 94 valence electrons. The van der Waals surface area contributed by atoms with Crippen molar-refractivity contribution in [1.82, 2.24) is 10.6 Å². The van der Waals surface area contributed by atoms with E-state index in [1.165, 1.54) is 0 Å². The number of carbonyl (C=O) groups excluding carboxylic acids is 1. The molecular formula is C13H20N2O2. The van der Waals surface area contributed by atoms with E-state index in [-0.39, 0.29) is 5.91 Å². The van der Waals surface area contributed by atoms with Crippen LogP contribution in [0.1, 0.15) is 5.56 Å². The minimum absolute atomic E-state index is 0.0599. The molecule has 0 bridgehead atoms. The van der Waals surface area contributed by atoms with Gasteiger partial charge in [0.05, 0.1) is 13.0 Å². The number of hydrogen-bond donors (Lipinski definition) is 2. The molecule has 1 aromatic rings. The summed E-state index contributed by atoms with van der Waals surface area (Å²) in [6.45, 7) is 2.92. The van der Waals surface area contributed by atoms with E-state index in [4.69, 9.17) is 4.74 Å². The Balaban J connectivity index is 2.06. The van der Waals surface area contributed by atoms with E-state index in [2.05, 4.69) is 10.6 Å². The first kappa shape index (κ1) is 13.7. The Morgan fingerprint density at radius 3 is 2.65 bits per heavy atom. The Morgan fingerprint density at radius 1 is 1.18 bits per heavy atom. The second kappa shape index (κ2) is 8.73. The van der Waals surface area contributed by atoms with Crippen LogP contribution in [0.5, 0.6) is 0 Å². The summed E-state index contributed by atoms with van der Waals surface area (Å²) >= 11 is 0. The van der Waals surface area contributed by atoms with Crippen LogP contribution in [0.4, 0.5) is 0 Å². The SMILES string of the molecule is COCCNCCNC(=O)Cc1ccccc1. The smallest absolute Gasteiger partial charge is 0.224 e. The molecule has 0 aliphatic carbocycles. The Labute approximate surface area is 102 Å². The van der Waals surface area contributed by atoms with Gasteiger partial charge >= 0.3 is 0 Å². The standard InChI is InChI=1S/C13H20N2O2/c1-17-10-9-14-7-8-15-13(16)11-12-5-3-2-4-6-12/h2-6,14H,7-11H2,1H3,(H,15,16). The zero-order chi connectivity index (χ0) is 12.3. The molecule has 1 aromatic carbocycles. The minimum atomic E-state index is 0.0599. The quantitative estimate of drug-likeness (QED) is 0.649. The monoisotopic (exact) mass is 236 g/mol. The maximum absolute atomic E-state index is 11.5. The van der Waals surface area contributed by atoms with E-state index in [0.717, 1.165) is 18.7 Å². The topological polar surface area (TPSA) is 50.4 Å². The molecule has 0 fully saturated rings. The Morgan fingerprint density at radius 2 is 1.94 bits per heavy atom. The highest BCUT2D eigenvalue weighted by Gasteiger charge is 2.01. The lowest BCUT2D eigenvalue weighted by atomic mass is 10.1. The van der Waals surface area contributed by atoms with Gasteiger partial charge in [-0.15, -0.1) is 0 Å². The molecule has 1 rings (SSSR count). The first-order valence-electron chi connectivity index (χ1n) is 5.83. The summed E-state index contributed by atoms with van der Waals surface area (Å²) < 4.78 is 4.90. The number of amides is 1. The molecular weight excluding hydrogens is 216 g/mol. The van der Waals surface area contributed by atoms with Crippen molar-refractivity contribution in [3.8, 4) is 0 Å². The fourth-order valence-electron chi connectivity index (χ4n) is 1.43. The van der Waals surface area contributed by atoms with Crippen molar-refractivity contribution in [3.63, 3.8) is 0 Å². The molecule has 0 radical (unpaired) electrons. The lowest BCUT2D eigenvalue weighted by Gasteiger charge is -2.06. The van der Waals surface area contributed by atoms with Gasteiger partial charge in [0.15, 0.2) is 0 Å². The third-order valence-electron chi connectivity index (χ3n) is 2.31. The maximum atomic E-state index is 11.5. The van der Waals surface area contributed by atoms with Gasteiger partial charge < -0.3 is 15.4 Å². The summed E-state index contributed by atoms with van der Waals surface area (Å²) in [5.74, 6) is 0.0599. The molecule has 0 aromatic heterocycles. The summed E-state index contributed by atoms with van der Waals surface area (Å²) in [6.07, 6.45) is 0.443. The van der Waals surface area contributed by atoms with Gasteiger partial charge in [-0.25, -0.2) is 0 Å². The molecule has 0 aliphatic rings. The zero-order valence-corrected chi connectivity index (χ0v) is 10.2. The van der Waals surface area contributed by atoms with E-state index in [1.807, 2.05) is 30.3 Å². The number of hydrogen-bond acceptors (Lipinski definition) is 3. The van der Waals surface area contributed by atoms with Gasteiger partial charge in [-0.3, -0.25) is 4.79 Å². The van der Waals surface area contributed by atoms with Gasteiger partial charge in [-0.2, -0.15) is 0 Å². The maximum Gasteiger partial charge on any atom is 0.224 e. The second-order valence-corrected chi connectivity index (χ2v) is 3.76. The normalized spacial score (nSPS) is 10.2. The largest absolute Gasteiger partial charge is 0.383 e. The number of benzene rings is 1. The average molecular weight is 236 g/mol. The van der Waals surface area contributed by atoms with Crippen LogP contribution < -0.4 is 10.6 Å². The first-order chi connectivity index (χ1) is 8.33. The Kier molecular flexibility index (Phi) is 7.02. The lowest BCUT2D eigenvalue weighted by Crippen LogP contribution is -2.33. The van der Waals surface area contributed by atoms with Gasteiger partial charge in [0.1, 0.15) is 0 Å². The van der Waals surface area contributed by atoms with Crippen LogP contribution in [0.25, 0.3) is 0 Å². The van der Waals surface area contributed by atoms with Crippen LogP contribution in [-0.2, 0) is 16.0 Å². The third-order valence-corrected chi connectivity index (χ3v) is 2.31. The van der Waals surface area contributed by atoms with Crippen molar-refractivity contribution in [2.45, 2.75) is 6.42 Å². The van der Waals surface area contributed by atoms with E-state index in [0.29, 0.717) is 19.6 Å². The molecule has 0 saturated heterocycles. The highest BCUT2D eigenvalue weighted by molar-refractivity contribution is 5.78. The van der Waals surface area contributed by atoms with E-state index in [9.17, 15) is 4.79 Å². The first-order valence-corrected chi connectivity index (χ1v) is 5.83. The molecule has 0 saturated carbocycles. The van der Waals surface area contributed by atoms with Crippen LogP contribution in [0.15, 0.2) is 30.3 Å². The van der Waals surface area contributed by atoms with Crippen molar-refractivity contribution >= 4 is 5.91 Å². The van der Waals surface area contributed by atoms with E-state index >= 15 is 0 Å². The zero-order valence-electron chi connectivity index (χ0n) is 10.2. The fraction of sp³-hybridized carbons (Fsp3) is 0.462. The molecule has 1 amide bonds.